The molecule has 4 rings (SSSR count). The summed E-state index contributed by atoms with van der Waals surface area (Å²) in [7, 11) is 1.28. The minimum atomic E-state index is -1.38. The molecule has 1 spiro atoms. The Morgan fingerprint density at radius 2 is 2.03 bits per heavy atom. The number of aliphatic hydroxyl groups excluding tert-OH is 1. The minimum absolute atomic E-state index is 0.0214. The zero-order valence-electron chi connectivity index (χ0n) is 17.0. The first-order chi connectivity index (χ1) is 13.6. The minimum Gasteiger partial charge on any atom is -0.469 e. The van der Waals surface area contributed by atoms with Crippen molar-refractivity contribution >= 4 is 23.7 Å². The Morgan fingerprint density at radius 1 is 1.34 bits per heavy atom. The van der Waals surface area contributed by atoms with E-state index in [0.29, 0.717) is 6.42 Å². The zero-order chi connectivity index (χ0) is 21.3. The second-order valence-corrected chi connectivity index (χ2v) is 9.10. The molecule has 29 heavy (non-hydrogen) atoms. The van der Waals surface area contributed by atoms with Crippen LogP contribution in [0.3, 0.4) is 0 Å². The van der Waals surface area contributed by atoms with E-state index in [1.165, 1.54) is 13.2 Å². The fourth-order valence-corrected chi connectivity index (χ4v) is 6.60. The molecule has 4 aliphatic rings. The molecular formula is C21H26O8. The second-order valence-electron chi connectivity index (χ2n) is 9.10. The zero-order valence-corrected chi connectivity index (χ0v) is 17.0. The van der Waals surface area contributed by atoms with Gasteiger partial charge in [0.15, 0.2) is 5.78 Å². The number of allylic oxidation sites excluding steroid dienone is 1. The Balaban J connectivity index is 1.91. The van der Waals surface area contributed by atoms with Crippen molar-refractivity contribution in [3.63, 3.8) is 0 Å². The highest BCUT2D eigenvalue weighted by atomic mass is 16.6. The number of carbonyl (C=O) groups is 4. The van der Waals surface area contributed by atoms with E-state index in [9.17, 15) is 24.3 Å². The van der Waals surface area contributed by atoms with Crippen molar-refractivity contribution in [2.45, 2.75) is 45.8 Å². The first-order valence-corrected chi connectivity index (χ1v) is 9.93. The van der Waals surface area contributed by atoms with Crippen LogP contribution >= 0.6 is 0 Å². The van der Waals surface area contributed by atoms with Crippen LogP contribution in [0.15, 0.2) is 11.6 Å². The van der Waals surface area contributed by atoms with Gasteiger partial charge in [0.25, 0.3) is 0 Å². The van der Waals surface area contributed by atoms with Gasteiger partial charge in [0.05, 0.1) is 24.4 Å². The predicted octanol–water partition coefficient (Wildman–Crippen LogP) is 0.803. The van der Waals surface area contributed by atoms with Crippen LogP contribution in [-0.2, 0) is 33.4 Å². The van der Waals surface area contributed by atoms with Crippen molar-refractivity contribution in [2.24, 2.45) is 34.5 Å². The maximum atomic E-state index is 13.0. The lowest BCUT2D eigenvalue weighted by atomic mass is 9.42. The van der Waals surface area contributed by atoms with E-state index in [-0.39, 0.29) is 18.9 Å². The number of fused-ring (bicyclic) bond motifs is 2. The summed E-state index contributed by atoms with van der Waals surface area (Å²) in [5.41, 5.74) is -1.36. The van der Waals surface area contributed by atoms with E-state index in [1.54, 1.807) is 20.8 Å². The standard InChI is InChI=1S/C21H26O8/c1-9-5-13(22)17(24)20(3)11(9)6-14-21(8-28-19(26)16(20)21)12(7-15(23)29-14)10(2)18(25)27-4/h5,10-12,14,16-17,24H,6-8H2,1-4H3/t10?,11-,12-,14+,16+,17+,20-,21+/m0/s1. The summed E-state index contributed by atoms with van der Waals surface area (Å²) in [6.07, 6.45) is -0.328. The van der Waals surface area contributed by atoms with Crippen LogP contribution in [0.1, 0.15) is 33.6 Å². The molecule has 1 N–H and O–H groups in total. The van der Waals surface area contributed by atoms with Gasteiger partial charge in [-0.25, -0.2) is 0 Å². The number of hydrogen-bond acceptors (Lipinski definition) is 8. The van der Waals surface area contributed by atoms with E-state index >= 15 is 0 Å². The average Bonchev–Trinajstić information content (AvgIpc) is 3.03. The molecule has 8 heteroatoms. The summed E-state index contributed by atoms with van der Waals surface area (Å²) in [5, 5.41) is 10.9. The number of aliphatic hydroxyl groups is 1. The summed E-state index contributed by atoms with van der Waals surface area (Å²) >= 11 is 0. The number of cyclic esters (lactones) is 1. The number of ketones is 1. The first kappa shape index (κ1) is 20.1. The van der Waals surface area contributed by atoms with Crippen LogP contribution in [-0.4, -0.2) is 54.7 Å². The number of carbonyl (C=O) groups excluding carboxylic acids is 4. The van der Waals surface area contributed by atoms with Crippen LogP contribution in [0.25, 0.3) is 0 Å². The quantitative estimate of drug-likeness (QED) is 0.529. The van der Waals surface area contributed by atoms with Crippen LogP contribution in [0.4, 0.5) is 0 Å². The van der Waals surface area contributed by atoms with Crippen molar-refractivity contribution < 1.29 is 38.5 Å². The third-order valence-electron chi connectivity index (χ3n) is 7.97. The molecule has 0 aromatic carbocycles. The lowest BCUT2D eigenvalue weighted by Crippen LogP contribution is -2.68. The molecule has 1 saturated carbocycles. The summed E-state index contributed by atoms with van der Waals surface area (Å²) in [5.74, 6) is -4.35. The molecular weight excluding hydrogens is 380 g/mol. The van der Waals surface area contributed by atoms with Gasteiger partial charge in [0.1, 0.15) is 18.8 Å². The van der Waals surface area contributed by atoms with Gasteiger partial charge >= 0.3 is 17.9 Å². The maximum Gasteiger partial charge on any atom is 0.310 e. The fourth-order valence-electron chi connectivity index (χ4n) is 6.60. The summed E-state index contributed by atoms with van der Waals surface area (Å²) in [4.78, 5) is 50.4. The van der Waals surface area contributed by atoms with Crippen LogP contribution in [0, 0.1) is 34.5 Å². The predicted molar refractivity (Wildman–Crippen MR) is 97.0 cm³/mol. The lowest BCUT2D eigenvalue weighted by molar-refractivity contribution is -0.225. The summed E-state index contributed by atoms with van der Waals surface area (Å²) in [6.45, 7) is 5.18. The largest absolute Gasteiger partial charge is 0.469 e. The van der Waals surface area contributed by atoms with Gasteiger partial charge in [-0.15, -0.1) is 0 Å². The molecule has 3 fully saturated rings. The van der Waals surface area contributed by atoms with E-state index in [2.05, 4.69) is 0 Å². The van der Waals surface area contributed by atoms with Gasteiger partial charge in [0, 0.05) is 11.8 Å². The number of rotatable bonds is 2. The van der Waals surface area contributed by atoms with Crippen molar-refractivity contribution in [1.29, 1.82) is 0 Å². The van der Waals surface area contributed by atoms with Gasteiger partial charge in [-0.3, -0.25) is 19.2 Å². The van der Waals surface area contributed by atoms with Gasteiger partial charge in [-0.2, -0.15) is 0 Å². The number of hydrogen-bond donors (Lipinski definition) is 1. The van der Waals surface area contributed by atoms with Crippen LogP contribution < -0.4 is 0 Å². The Hall–Kier alpha value is -2.22. The number of esters is 3. The Bertz CT molecular complexity index is 831. The summed E-state index contributed by atoms with van der Waals surface area (Å²) < 4.78 is 16.1. The molecule has 2 saturated heterocycles. The van der Waals surface area contributed by atoms with Gasteiger partial charge < -0.3 is 19.3 Å². The second kappa shape index (κ2) is 6.39. The molecule has 2 aliphatic carbocycles. The molecule has 8 atom stereocenters. The fraction of sp³-hybridized carbons (Fsp3) is 0.714. The highest BCUT2D eigenvalue weighted by Gasteiger charge is 2.75. The van der Waals surface area contributed by atoms with Crippen molar-refractivity contribution in [3.8, 4) is 0 Å². The van der Waals surface area contributed by atoms with E-state index in [1.807, 2.05) is 0 Å². The van der Waals surface area contributed by atoms with Crippen LogP contribution in [0.2, 0.25) is 0 Å². The topological polar surface area (TPSA) is 116 Å². The normalized spacial score (nSPS) is 44.5. The first-order valence-electron chi connectivity index (χ1n) is 9.93. The van der Waals surface area contributed by atoms with Gasteiger partial charge in [-0.1, -0.05) is 19.4 Å². The van der Waals surface area contributed by atoms with Crippen molar-refractivity contribution in [2.75, 3.05) is 13.7 Å². The smallest absolute Gasteiger partial charge is 0.310 e. The third kappa shape index (κ3) is 2.41. The molecule has 2 aliphatic heterocycles. The average molecular weight is 406 g/mol. The van der Waals surface area contributed by atoms with Crippen molar-refractivity contribution in [3.05, 3.63) is 11.6 Å². The highest BCUT2D eigenvalue weighted by Crippen LogP contribution is 2.67. The molecule has 0 aromatic rings. The van der Waals surface area contributed by atoms with E-state index in [0.717, 1.165) is 5.57 Å². The molecule has 0 bridgehead atoms. The molecule has 0 aromatic heterocycles. The Kier molecular flexibility index (Phi) is 4.42. The molecule has 158 valence electrons. The van der Waals surface area contributed by atoms with E-state index < -0.39 is 64.5 Å². The van der Waals surface area contributed by atoms with Crippen LogP contribution in [0.5, 0.6) is 0 Å². The highest BCUT2D eigenvalue weighted by molar-refractivity contribution is 5.97. The molecule has 0 radical (unpaired) electrons. The molecule has 8 nitrogen and oxygen atoms in total. The monoisotopic (exact) mass is 406 g/mol. The maximum absolute atomic E-state index is 13.0. The third-order valence-corrected chi connectivity index (χ3v) is 7.97. The SMILES string of the molecule is COC(=O)C(C)[C@@H]1CC(=O)O[C@@H]2C[C@H]3C(C)=CC(=O)[C@@H](O)[C@]3(C)[C@H]3C(=O)OC[C@]321. The van der Waals surface area contributed by atoms with Gasteiger partial charge in [-0.05, 0) is 31.3 Å². The Morgan fingerprint density at radius 3 is 2.69 bits per heavy atom. The summed E-state index contributed by atoms with van der Waals surface area (Å²) in [6, 6.07) is 0. The molecule has 0 amide bonds. The lowest BCUT2D eigenvalue weighted by Gasteiger charge is -2.61. The van der Waals surface area contributed by atoms with E-state index in [4.69, 9.17) is 14.2 Å². The number of methoxy groups -OCH3 is 1. The molecule has 1 unspecified atom stereocenters. The van der Waals surface area contributed by atoms with Crippen molar-refractivity contribution in [1.82, 2.24) is 0 Å². The van der Waals surface area contributed by atoms with Gasteiger partial charge in [0.2, 0.25) is 0 Å². The number of ether oxygens (including phenoxy) is 3. The Labute approximate surface area is 168 Å². The molecule has 2 heterocycles.